The van der Waals surface area contributed by atoms with Crippen molar-refractivity contribution in [3.63, 3.8) is 0 Å². The van der Waals surface area contributed by atoms with Crippen molar-refractivity contribution < 1.29 is 14.7 Å². The van der Waals surface area contributed by atoms with Crippen LogP contribution in [0.1, 0.15) is 39.5 Å². The maximum Gasteiger partial charge on any atom is 0.317 e. The minimum Gasteiger partial charge on any atom is -0.481 e. The fourth-order valence-electron chi connectivity index (χ4n) is 3.18. The van der Waals surface area contributed by atoms with Crippen LogP contribution in [-0.2, 0) is 4.79 Å². The standard InChI is InChI=1S/C13H22N2O3/c1-8-5-9(2)15(7-8)13(18)14-11-4-3-10(6-11)12(16)17/h8-11H,3-7H2,1-2H3,(H,14,18)(H,16,17)/t8?,9?,10-,11+/m1/s1. The molecule has 2 N–H and O–H groups in total. The van der Waals surface area contributed by atoms with E-state index in [1.54, 1.807) is 0 Å². The number of urea groups is 1. The molecule has 0 bridgehead atoms. The van der Waals surface area contributed by atoms with E-state index in [0.717, 1.165) is 19.4 Å². The smallest absolute Gasteiger partial charge is 0.317 e. The maximum absolute atomic E-state index is 12.1. The molecule has 0 spiro atoms. The Hall–Kier alpha value is -1.26. The summed E-state index contributed by atoms with van der Waals surface area (Å²) in [4.78, 5) is 24.8. The molecule has 1 heterocycles. The molecule has 5 nitrogen and oxygen atoms in total. The van der Waals surface area contributed by atoms with Gasteiger partial charge in [0.1, 0.15) is 0 Å². The van der Waals surface area contributed by atoms with E-state index in [0.29, 0.717) is 18.8 Å². The van der Waals surface area contributed by atoms with E-state index in [2.05, 4.69) is 19.2 Å². The van der Waals surface area contributed by atoms with Crippen LogP contribution in [0.5, 0.6) is 0 Å². The highest BCUT2D eigenvalue weighted by Crippen LogP contribution is 2.27. The van der Waals surface area contributed by atoms with E-state index in [1.807, 2.05) is 4.90 Å². The average Bonchev–Trinajstić information content (AvgIpc) is 2.85. The molecule has 1 aliphatic carbocycles. The first-order valence-corrected chi connectivity index (χ1v) is 6.77. The second-order valence-corrected chi connectivity index (χ2v) is 5.84. The minimum atomic E-state index is -0.741. The van der Waals surface area contributed by atoms with E-state index >= 15 is 0 Å². The van der Waals surface area contributed by atoms with Crippen LogP contribution in [0.25, 0.3) is 0 Å². The summed E-state index contributed by atoms with van der Waals surface area (Å²) >= 11 is 0. The summed E-state index contributed by atoms with van der Waals surface area (Å²) in [5, 5.41) is 11.9. The molecule has 1 saturated carbocycles. The van der Waals surface area contributed by atoms with E-state index < -0.39 is 5.97 Å². The molecule has 2 fully saturated rings. The van der Waals surface area contributed by atoms with Gasteiger partial charge >= 0.3 is 12.0 Å². The highest BCUT2D eigenvalue weighted by atomic mass is 16.4. The maximum atomic E-state index is 12.1. The van der Waals surface area contributed by atoms with E-state index in [4.69, 9.17) is 5.11 Å². The van der Waals surface area contributed by atoms with Gasteiger partial charge < -0.3 is 15.3 Å². The zero-order valence-electron chi connectivity index (χ0n) is 11.1. The number of nitrogens with one attached hydrogen (secondary N) is 1. The van der Waals surface area contributed by atoms with Crippen LogP contribution in [0.3, 0.4) is 0 Å². The molecular weight excluding hydrogens is 232 g/mol. The number of nitrogens with zero attached hydrogens (tertiary/aromatic N) is 1. The van der Waals surface area contributed by atoms with Crippen molar-refractivity contribution in [2.24, 2.45) is 11.8 Å². The van der Waals surface area contributed by atoms with Gasteiger partial charge in [-0.05, 0) is 38.5 Å². The molecule has 5 heteroatoms. The lowest BCUT2D eigenvalue weighted by Gasteiger charge is -2.24. The third-order valence-electron chi connectivity index (χ3n) is 4.15. The van der Waals surface area contributed by atoms with Crippen molar-refractivity contribution in [3.8, 4) is 0 Å². The van der Waals surface area contributed by atoms with E-state index in [-0.39, 0.29) is 24.0 Å². The normalized spacial score (nSPS) is 35.8. The Bertz CT molecular complexity index is 345. The fraction of sp³-hybridized carbons (Fsp3) is 0.846. The molecular formula is C13H22N2O3. The summed E-state index contributed by atoms with van der Waals surface area (Å²) in [6.07, 6.45) is 3.07. The predicted molar refractivity (Wildman–Crippen MR) is 67.2 cm³/mol. The molecule has 2 aliphatic rings. The van der Waals surface area contributed by atoms with Crippen molar-refractivity contribution in [1.29, 1.82) is 0 Å². The Kier molecular flexibility index (Phi) is 3.78. The predicted octanol–water partition coefficient (Wildman–Crippen LogP) is 1.68. The lowest BCUT2D eigenvalue weighted by Crippen LogP contribution is -2.45. The Labute approximate surface area is 108 Å². The summed E-state index contributed by atoms with van der Waals surface area (Å²) in [6.45, 7) is 5.03. The Morgan fingerprint density at radius 2 is 1.94 bits per heavy atom. The van der Waals surface area contributed by atoms with Crippen LogP contribution in [0.2, 0.25) is 0 Å². The highest BCUT2D eigenvalue weighted by molar-refractivity contribution is 5.76. The molecule has 18 heavy (non-hydrogen) atoms. The van der Waals surface area contributed by atoms with E-state index in [1.165, 1.54) is 0 Å². The topological polar surface area (TPSA) is 69.6 Å². The number of carbonyl (C=O) groups excluding carboxylic acids is 1. The molecule has 2 unspecified atom stereocenters. The summed E-state index contributed by atoms with van der Waals surface area (Å²) in [5.41, 5.74) is 0. The molecule has 1 aliphatic heterocycles. The van der Waals surface area contributed by atoms with Crippen molar-refractivity contribution in [3.05, 3.63) is 0 Å². The van der Waals surface area contributed by atoms with Crippen molar-refractivity contribution >= 4 is 12.0 Å². The van der Waals surface area contributed by atoms with Crippen molar-refractivity contribution in [2.45, 2.75) is 51.6 Å². The molecule has 4 atom stereocenters. The quantitative estimate of drug-likeness (QED) is 0.787. The Morgan fingerprint density at radius 1 is 1.22 bits per heavy atom. The first-order valence-electron chi connectivity index (χ1n) is 6.77. The van der Waals surface area contributed by atoms with E-state index in [9.17, 15) is 9.59 Å². The van der Waals surface area contributed by atoms with Crippen molar-refractivity contribution in [1.82, 2.24) is 10.2 Å². The number of likely N-dealkylation sites (tertiary alicyclic amines) is 1. The molecule has 102 valence electrons. The number of amides is 2. The van der Waals surface area contributed by atoms with Crippen LogP contribution in [0, 0.1) is 11.8 Å². The number of aliphatic carboxylic acids is 1. The van der Waals surface area contributed by atoms with Gasteiger partial charge in [0.05, 0.1) is 5.92 Å². The van der Waals surface area contributed by atoms with Gasteiger partial charge in [-0.1, -0.05) is 6.92 Å². The Balaban J connectivity index is 1.83. The molecule has 2 amide bonds. The van der Waals surface area contributed by atoms with Crippen molar-refractivity contribution in [2.75, 3.05) is 6.54 Å². The monoisotopic (exact) mass is 254 g/mol. The van der Waals surface area contributed by atoms with Crippen LogP contribution in [0.4, 0.5) is 4.79 Å². The van der Waals surface area contributed by atoms with Crippen LogP contribution >= 0.6 is 0 Å². The number of hydrogen-bond acceptors (Lipinski definition) is 2. The molecule has 0 aromatic heterocycles. The Morgan fingerprint density at radius 3 is 2.44 bits per heavy atom. The summed E-state index contributed by atoms with van der Waals surface area (Å²) in [5.74, 6) is -0.471. The van der Waals surface area contributed by atoms with Gasteiger partial charge in [-0.3, -0.25) is 4.79 Å². The van der Waals surface area contributed by atoms with Gasteiger partial charge in [0.15, 0.2) is 0 Å². The summed E-state index contributed by atoms with van der Waals surface area (Å²) in [7, 11) is 0. The SMILES string of the molecule is CC1CC(C)N(C(=O)N[C@H]2CC[C@@H](C(=O)O)C2)C1. The first-order chi connectivity index (χ1) is 8.47. The summed E-state index contributed by atoms with van der Waals surface area (Å²) in [6, 6.07) is 0.293. The number of carbonyl (C=O) groups is 2. The molecule has 0 radical (unpaired) electrons. The lowest BCUT2D eigenvalue weighted by molar-refractivity contribution is -0.141. The zero-order chi connectivity index (χ0) is 13.3. The third-order valence-corrected chi connectivity index (χ3v) is 4.15. The van der Waals surface area contributed by atoms with Gasteiger partial charge in [-0.25, -0.2) is 4.79 Å². The van der Waals surface area contributed by atoms with Gasteiger partial charge in [0, 0.05) is 18.6 Å². The van der Waals surface area contributed by atoms with Crippen LogP contribution in [0.15, 0.2) is 0 Å². The largest absolute Gasteiger partial charge is 0.481 e. The molecule has 0 aromatic rings. The fourth-order valence-corrected chi connectivity index (χ4v) is 3.18. The lowest BCUT2D eigenvalue weighted by atomic mass is 10.1. The number of carboxylic acid groups (broad SMARTS) is 1. The second kappa shape index (κ2) is 5.16. The van der Waals surface area contributed by atoms with Crippen LogP contribution < -0.4 is 5.32 Å². The zero-order valence-corrected chi connectivity index (χ0v) is 11.1. The number of rotatable bonds is 2. The highest BCUT2D eigenvalue weighted by Gasteiger charge is 2.34. The second-order valence-electron chi connectivity index (χ2n) is 5.84. The minimum absolute atomic E-state index is 0.0251. The third kappa shape index (κ3) is 2.76. The van der Waals surface area contributed by atoms with Crippen LogP contribution in [-0.4, -0.2) is 40.6 Å². The molecule has 0 aromatic carbocycles. The van der Waals surface area contributed by atoms with Gasteiger partial charge in [0.25, 0.3) is 0 Å². The first kappa shape index (κ1) is 13.2. The molecule has 1 saturated heterocycles. The average molecular weight is 254 g/mol. The summed E-state index contributed by atoms with van der Waals surface area (Å²) < 4.78 is 0. The van der Waals surface area contributed by atoms with Gasteiger partial charge in [0.2, 0.25) is 0 Å². The van der Waals surface area contributed by atoms with Gasteiger partial charge in [-0.2, -0.15) is 0 Å². The molecule has 2 rings (SSSR count). The van der Waals surface area contributed by atoms with Gasteiger partial charge in [-0.15, -0.1) is 0 Å². The number of carboxylic acids is 1. The number of hydrogen-bond donors (Lipinski definition) is 2.